The molecule has 1 saturated heterocycles. The zero-order valence-electron chi connectivity index (χ0n) is 13.3. The second-order valence-electron chi connectivity index (χ2n) is 5.75. The average Bonchev–Trinajstić information content (AvgIpc) is 3.09. The first-order chi connectivity index (χ1) is 11.5. The van der Waals surface area contributed by atoms with E-state index in [4.69, 9.17) is 0 Å². The summed E-state index contributed by atoms with van der Waals surface area (Å²) in [6, 6.07) is 6.29. The molecular weight excluding hydrogens is 346 g/mol. The molecule has 0 bridgehead atoms. The van der Waals surface area contributed by atoms with Crippen molar-refractivity contribution in [1.29, 1.82) is 0 Å². The molecule has 0 unspecified atom stereocenters. The Hall–Kier alpha value is -1.77. The lowest BCUT2D eigenvalue weighted by Gasteiger charge is -2.30. The summed E-state index contributed by atoms with van der Waals surface area (Å²) in [5, 5.41) is 5.67. The van der Waals surface area contributed by atoms with E-state index in [1.807, 2.05) is 5.38 Å². The number of nitrogens with zero attached hydrogens (tertiary/aromatic N) is 2. The number of hydrogen-bond acceptors (Lipinski definition) is 5. The quantitative estimate of drug-likeness (QED) is 0.903. The monoisotopic (exact) mass is 365 g/mol. The Bertz CT molecular complexity index is 794. The lowest BCUT2D eigenvalue weighted by Crippen LogP contribution is -2.37. The first-order valence-electron chi connectivity index (χ1n) is 7.74. The molecule has 0 radical (unpaired) electrons. The summed E-state index contributed by atoms with van der Waals surface area (Å²) in [5.74, 6) is 0.161. The largest absolute Gasteiger partial charge is 0.326 e. The minimum atomic E-state index is -3.50. The van der Waals surface area contributed by atoms with Crippen LogP contribution in [0.4, 0.5) is 5.69 Å². The van der Waals surface area contributed by atoms with Gasteiger partial charge >= 0.3 is 0 Å². The highest BCUT2D eigenvalue weighted by atomic mass is 32.2. The van der Waals surface area contributed by atoms with Gasteiger partial charge in [0.1, 0.15) is 0 Å². The van der Waals surface area contributed by atoms with E-state index in [9.17, 15) is 13.2 Å². The van der Waals surface area contributed by atoms with E-state index in [0.29, 0.717) is 24.7 Å². The number of thiazole rings is 1. The smallest absolute Gasteiger partial charge is 0.243 e. The van der Waals surface area contributed by atoms with Gasteiger partial charge in [0.15, 0.2) is 0 Å². The van der Waals surface area contributed by atoms with Crippen molar-refractivity contribution in [2.24, 2.45) is 0 Å². The van der Waals surface area contributed by atoms with E-state index in [1.165, 1.54) is 23.4 Å². The Balaban J connectivity index is 1.69. The fraction of sp³-hybridized carbons (Fsp3) is 0.375. The van der Waals surface area contributed by atoms with Gasteiger partial charge in [-0.25, -0.2) is 13.4 Å². The van der Waals surface area contributed by atoms with E-state index < -0.39 is 10.0 Å². The molecule has 0 spiro atoms. The molecule has 1 aromatic heterocycles. The van der Waals surface area contributed by atoms with Crippen LogP contribution in [0.2, 0.25) is 0 Å². The number of rotatable bonds is 4. The van der Waals surface area contributed by atoms with Crippen molar-refractivity contribution in [1.82, 2.24) is 9.29 Å². The van der Waals surface area contributed by atoms with Crippen molar-refractivity contribution in [2.75, 3.05) is 18.4 Å². The highest BCUT2D eigenvalue weighted by molar-refractivity contribution is 7.89. The van der Waals surface area contributed by atoms with E-state index >= 15 is 0 Å². The summed E-state index contributed by atoms with van der Waals surface area (Å²) in [6.45, 7) is 2.41. The number of aromatic nitrogens is 1. The molecule has 1 N–H and O–H groups in total. The maximum atomic E-state index is 12.7. The van der Waals surface area contributed by atoms with Gasteiger partial charge in [0.2, 0.25) is 15.9 Å². The van der Waals surface area contributed by atoms with Crippen molar-refractivity contribution < 1.29 is 13.2 Å². The molecule has 1 aromatic carbocycles. The number of piperidine rings is 1. The topological polar surface area (TPSA) is 79.4 Å². The molecule has 1 fully saturated rings. The molecule has 128 valence electrons. The maximum Gasteiger partial charge on any atom is 0.243 e. The van der Waals surface area contributed by atoms with E-state index in [-0.39, 0.29) is 10.8 Å². The van der Waals surface area contributed by atoms with Crippen molar-refractivity contribution in [3.05, 3.63) is 40.8 Å². The third-order valence-electron chi connectivity index (χ3n) is 4.07. The van der Waals surface area contributed by atoms with Crippen LogP contribution in [0.3, 0.4) is 0 Å². The third kappa shape index (κ3) is 3.66. The van der Waals surface area contributed by atoms with Gasteiger partial charge in [0.25, 0.3) is 0 Å². The van der Waals surface area contributed by atoms with Crippen LogP contribution < -0.4 is 5.32 Å². The molecule has 1 amide bonds. The van der Waals surface area contributed by atoms with Crippen LogP contribution in [-0.4, -0.2) is 36.7 Å². The highest BCUT2D eigenvalue weighted by Crippen LogP contribution is 2.31. The summed E-state index contributed by atoms with van der Waals surface area (Å²) >= 11 is 1.63. The zero-order valence-corrected chi connectivity index (χ0v) is 14.9. The van der Waals surface area contributed by atoms with Crippen molar-refractivity contribution in [3.63, 3.8) is 0 Å². The number of carbonyl (C=O) groups excluding carboxylic acids is 1. The van der Waals surface area contributed by atoms with Gasteiger partial charge in [-0.05, 0) is 37.1 Å². The Labute approximate surface area is 145 Å². The van der Waals surface area contributed by atoms with Crippen molar-refractivity contribution in [3.8, 4) is 0 Å². The predicted octanol–water partition coefficient (Wildman–Crippen LogP) is 2.67. The van der Waals surface area contributed by atoms with Gasteiger partial charge in [-0.2, -0.15) is 4.31 Å². The normalized spacial score (nSPS) is 16.9. The summed E-state index contributed by atoms with van der Waals surface area (Å²) in [5.41, 5.74) is 0.587. The minimum absolute atomic E-state index is 0.185. The standard InChI is InChI=1S/C16H19N3O3S2/c1-12(20)18-14-2-4-15(5-3-14)24(21,22)19-9-6-13(7-10-19)16-17-8-11-23-16/h2-5,8,11,13H,6-7,9-10H2,1H3,(H,18,20). The molecular formula is C16H19N3O3S2. The van der Waals surface area contributed by atoms with Crippen LogP contribution in [0.15, 0.2) is 40.7 Å². The highest BCUT2D eigenvalue weighted by Gasteiger charge is 2.30. The van der Waals surface area contributed by atoms with E-state index in [1.54, 1.807) is 29.7 Å². The SMILES string of the molecule is CC(=O)Nc1ccc(S(=O)(=O)N2CCC(c3nccs3)CC2)cc1. The van der Waals surface area contributed by atoms with E-state index in [2.05, 4.69) is 10.3 Å². The Morgan fingerprint density at radius 2 is 1.92 bits per heavy atom. The Kier molecular flexibility index (Phi) is 4.98. The minimum Gasteiger partial charge on any atom is -0.326 e. The number of amides is 1. The van der Waals surface area contributed by atoms with Crippen LogP contribution in [-0.2, 0) is 14.8 Å². The first-order valence-corrected chi connectivity index (χ1v) is 10.1. The van der Waals surface area contributed by atoms with Gasteiger partial charge in [-0.15, -0.1) is 11.3 Å². The molecule has 8 heteroatoms. The predicted molar refractivity (Wildman–Crippen MR) is 93.6 cm³/mol. The molecule has 24 heavy (non-hydrogen) atoms. The van der Waals surface area contributed by atoms with Crippen molar-refractivity contribution in [2.45, 2.75) is 30.6 Å². The van der Waals surface area contributed by atoms with Crippen LogP contribution in [0.25, 0.3) is 0 Å². The fourth-order valence-electron chi connectivity index (χ4n) is 2.84. The van der Waals surface area contributed by atoms with Gasteiger partial charge in [0, 0.05) is 43.2 Å². The van der Waals surface area contributed by atoms with Crippen molar-refractivity contribution >= 4 is 33.0 Å². The zero-order chi connectivity index (χ0) is 17.2. The van der Waals surface area contributed by atoms with Crippen LogP contribution >= 0.6 is 11.3 Å². The fourth-order valence-corrected chi connectivity index (χ4v) is 5.12. The number of benzene rings is 1. The molecule has 3 rings (SSSR count). The molecule has 0 atom stereocenters. The second-order valence-corrected chi connectivity index (χ2v) is 8.62. The summed E-state index contributed by atoms with van der Waals surface area (Å²) in [4.78, 5) is 15.6. The van der Waals surface area contributed by atoms with Gasteiger partial charge < -0.3 is 5.32 Å². The van der Waals surface area contributed by atoms with Crippen LogP contribution in [0.1, 0.15) is 30.7 Å². The second kappa shape index (κ2) is 7.00. The van der Waals surface area contributed by atoms with Gasteiger partial charge in [-0.1, -0.05) is 0 Å². The third-order valence-corrected chi connectivity index (χ3v) is 6.92. The summed E-state index contributed by atoms with van der Waals surface area (Å²) in [7, 11) is -3.50. The summed E-state index contributed by atoms with van der Waals surface area (Å²) < 4.78 is 27.0. The van der Waals surface area contributed by atoms with Gasteiger partial charge in [0.05, 0.1) is 9.90 Å². The average molecular weight is 365 g/mol. The molecule has 1 aliphatic heterocycles. The molecule has 6 nitrogen and oxygen atoms in total. The number of sulfonamides is 1. The molecule has 0 aliphatic carbocycles. The molecule has 2 heterocycles. The Morgan fingerprint density at radius 1 is 1.25 bits per heavy atom. The lowest BCUT2D eigenvalue weighted by molar-refractivity contribution is -0.114. The molecule has 1 aliphatic rings. The lowest BCUT2D eigenvalue weighted by atomic mass is 9.99. The summed E-state index contributed by atoms with van der Waals surface area (Å²) in [6.07, 6.45) is 3.37. The number of carbonyl (C=O) groups is 1. The van der Waals surface area contributed by atoms with Crippen LogP contribution in [0.5, 0.6) is 0 Å². The van der Waals surface area contributed by atoms with E-state index in [0.717, 1.165) is 17.8 Å². The number of nitrogens with one attached hydrogen (secondary N) is 1. The Morgan fingerprint density at radius 3 is 2.46 bits per heavy atom. The number of anilines is 1. The molecule has 2 aromatic rings. The number of hydrogen-bond donors (Lipinski definition) is 1. The maximum absolute atomic E-state index is 12.7. The van der Waals surface area contributed by atoms with Crippen LogP contribution in [0, 0.1) is 0 Å². The first kappa shape index (κ1) is 17.1. The van der Waals surface area contributed by atoms with Gasteiger partial charge in [-0.3, -0.25) is 4.79 Å². The molecule has 0 saturated carbocycles.